The Balaban J connectivity index is 2.12. The molecule has 100 valence electrons. The highest BCUT2D eigenvalue weighted by molar-refractivity contribution is 6.65. The predicted octanol–water partition coefficient (Wildman–Crippen LogP) is 2.00. The number of aromatic amines is 1. The molecule has 1 saturated heterocycles. The van der Waals surface area contributed by atoms with Gasteiger partial charge in [0.05, 0.1) is 22.9 Å². The minimum atomic E-state index is -0.728. The summed E-state index contributed by atoms with van der Waals surface area (Å²) in [6, 6.07) is 3.10. The van der Waals surface area contributed by atoms with Crippen molar-refractivity contribution in [3.8, 4) is 0 Å². The normalized spacial score (nSPS) is 21.2. The zero-order chi connectivity index (χ0) is 13.8. The van der Waals surface area contributed by atoms with Gasteiger partial charge in [-0.2, -0.15) is 5.10 Å². The lowest BCUT2D eigenvalue weighted by Gasteiger charge is -2.32. The number of H-pyrrole nitrogens is 1. The van der Waals surface area contributed by atoms with Crippen LogP contribution in [0.25, 0.3) is 10.9 Å². The molecule has 3 rings (SSSR count). The van der Waals surface area contributed by atoms with Crippen LogP contribution >= 0.6 is 0 Å². The van der Waals surface area contributed by atoms with Crippen molar-refractivity contribution in [2.75, 3.05) is 0 Å². The molecule has 19 heavy (non-hydrogen) atoms. The van der Waals surface area contributed by atoms with Gasteiger partial charge >= 0.3 is 7.12 Å². The molecule has 4 nitrogen and oxygen atoms in total. The van der Waals surface area contributed by atoms with E-state index in [2.05, 4.69) is 10.2 Å². The maximum absolute atomic E-state index is 14.1. The van der Waals surface area contributed by atoms with Gasteiger partial charge in [0, 0.05) is 10.8 Å². The molecule has 0 bridgehead atoms. The second-order valence-electron chi connectivity index (χ2n) is 5.88. The standard InChI is InChI=1S/C13H16BFN2O2/c1-12(2)13(3,4)19-14(18-12)10-9(15)6-5-8-7-16-17-11(8)10/h5-7H,1-4H3,(H,16,17). The van der Waals surface area contributed by atoms with E-state index in [4.69, 9.17) is 9.31 Å². The largest absolute Gasteiger partial charge is 0.500 e. The van der Waals surface area contributed by atoms with Gasteiger partial charge in [-0.1, -0.05) is 0 Å². The van der Waals surface area contributed by atoms with Gasteiger partial charge in [0.2, 0.25) is 0 Å². The number of nitrogens with zero attached hydrogens (tertiary/aromatic N) is 1. The number of benzene rings is 1. The quantitative estimate of drug-likeness (QED) is 0.799. The monoisotopic (exact) mass is 262 g/mol. The van der Waals surface area contributed by atoms with Crippen LogP contribution in [0.5, 0.6) is 0 Å². The average molecular weight is 262 g/mol. The van der Waals surface area contributed by atoms with Crippen LogP contribution < -0.4 is 5.46 Å². The van der Waals surface area contributed by atoms with Crippen LogP contribution in [0.3, 0.4) is 0 Å². The van der Waals surface area contributed by atoms with E-state index in [0.29, 0.717) is 11.0 Å². The van der Waals surface area contributed by atoms with E-state index in [1.165, 1.54) is 6.07 Å². The summed E-state index contributed by atoms with van der Waals surface area (Å²) in [4.78, 5) is 0. The third-order valence-corrected chi connectivity index (χ3v) is 4.09. The van der Waals surface area contributed by atoms with Crippen molar-refractivity contribution in [1.29, 1.82) is 0 Å². The van der Waals surface area contributed by atoms with Gasteiger partial charge in [-0.05, 0) is 39.8 Å². The number of aromatic nitrogens is 2. The molecule has 0 spiro atoms. The molecule has 6 heteroatoms. The number of hydrogen-bond acceptors (Lipinski definition) is 3. The van der Waals surface area contributed by atoms with Crippen molar-refractivity contribution in [1.82, 2.24) is 10.2 Å². The van der Waals surface area contributed by atoms with Crippen LogP contribution in [0.15, 0.2) is 18.3 Å². The van der Waals surface area contributed by atoms with Gasteiger partial charge in [0.15, 0.2) is 0 Å². The van der Waals surface area contributed by atoms with Crippen LogP contribution in [0.1, 0.15) is 27.7 Å². The van der Waals surface area contributed by atoms with Crippen molar-refractivity contribution >= 4 is 23.5 Å². The molecule has 0 unspecified atom stereocenters. The average Bonchev–Trinajstić information content (AvgIpc) is 2.81. The van der Waals surface area contributed by atoms with Gasteiger partial charge < -0.3 is 9.31 Å². The van der Waals surface area contributed by atoms with Crippen LogP contribution in [-0.4, -0.2) is 28.5 Å². The van der Waals surface area contributed by atoms with Crippen molar-refractivity contribution < 1.29 is 13.7 Å². The number of fused-ring (bicyclic) bond motifs is 1. The summed E-state index contributed by atoms with van der Waals surface area (Å²) in [5.74, 6) is -0.352. The summed E-state index contributed by atoms with van der Waals surface area (Å²) >= 11 is 0. The lowest BCUT2D eigenvalue weighted by atomic mass is 9.77. The molecule has 0 radical (unpaired) electrons. The Morgan fingerprint density at radius 2 is 1.79 bits per heavy atom. The number of nitrogens with one attached hydrogen (secondary N) is 1. The fourth-order valence-corrected chi connectivity index (χ4v) is 2.20. The third kappa shape index (κ3) is 1.78. The molecule has 1 aliphatic heterocycles. The van der Waals surface area contributed by atoms with Crippen LogP contribution in [0.4, 0.5) is 4.39 Å². The zero-order valence-electron chi connectivity index (χ0n) is 11.5. The first-order valence-electron chi connectivity index (χ1n) is 6.29. The highest BCUT2D eigenvalue weighted by Gasteiger charge is 2.53. The Kier molecular flexibility index (Phi) is 2.53. The lowest BCUT2D eigenvalue weighted by molar-refractivity contribution is 0.00578. The maximum Gasteiger partial charge on any atom is 0.500 e. The molecule has 0 saturated carbocycles. The molecule has 1 aromatic carbocycles. The fourth-order valence-electron chi connectivity index (χ4n) is 2.20. The highest BCUT2D eigenvalue weighted by Crippen LogP contribution is 2.37. The van der Waals surface area contributed by atoms with Gasteiger partial charge in [-0.15, -0.1) is 0 Å². The third-order valence-electron chi connectivity index (χ3n) is 4.09. The van der Waals surface area contributed by atoms with Gasteiger partial charge in [-0.3, -0.25) is 5.10 Å². The van der Waals surface area contributed by atoms with Crippen LogP contribution in [0, 0.1) is 5.82 Å². The minimum Gasteiger partial charge on any atom is -0.399 e. The zero-order valence-corrected chi connectivity index (χ0v) is 11.5. The summed E-state index contributed by atoms with van der Waals surface area (Å²) in [6.45, 7) is 7.77. The number of halogens is 1. The molecule has 2 aromatic rings. The maximum atomic E-state index is 14.1. The van der Waals surface area contributed by atoms with E-state index in [1.54, 1.807) is 12.3 Å². The summed E-state index contributed by atoms with van der Waals surface area (Å²) < 4.78 is 25.9. The van der Waals surface area contributed by atoms with E-state index in [9.17, 15) is 4.39 Å². The Morgan fingerprint density at radius 1 is 1.16 bits per heavy atom. The Labute approximate surface area is 111 Å². The topological polar surface area (TPSA) is 47.1 Å². The summed E-state index contributed by atoms with van der Waals surface area (Å²) in [7, 11) is -0.728. The van der Waals surface area contributed by atoms with Crippen molar-refractivity contribution in [3.05, 3.63) is 24.1 Å². The van der Waals surface area contributed by atoms with E-state index in [1.807, 2.05) is 27.7 Å². The lowest BCUT2D eigenvalue weighted by Crippen LogP contribution is -2.41. The number of hydrogen-bond donors (Lipinski definition) is 1. The molecule has 0 aliphatic carbocycles. The second-order valence-corrected chi connectivity index (χ2v) is 5.88. The number of rotatable bonds is 1. The first-order valence-corrected chi connectivity index (χ1v) is 6.29. The molecule has 1 N–H and O–H groups in total. The Morgan fingerprint density at radius 3 is 2.42 bits per heavy atom. The molecular weight excluding hydrogens is 246 g/mol. The van der Waals surface area contributed by atoms with E-state index >= 15 is 0 Å². The Hall–Kier alpha value is -1.40. The predicted molar refractivity (Wildman–Crippen MR) is 71.8 cm³/mol. The summed E-state index contributed by atoms with van der Waals surface area (Å²) in [5.41, 5.74) is 0.0191. The molecule has 1 fully saturated rings. The minimum absolute atomic E-state index is 0.352. The van der Waals surface area contributed by atoms with Crippen molar-refractivity contribution in [3.63, 3.8) is 0 Å². The first kappa shape index (κ1) is 12.6. The molecule has 1 aliphatic rings. The van der Waals surface area contributed by atoms with Gasteiger partial charge in [0.25, 0.3) is 0 Å². The Bertz CT molecular complexity index is 623. The second kappa shape index (κ2) is 3.80. The summed E-state index contributed by atoms with van der Waals surface area (Å²) in [5, 5.41) is 7.59. The first-order chi connectivity index (χ1) is 8.82. The van der Waals surface area contributed by atoms with Crippen LogP contribution in [0.2, 0.25) is 0 Å². The van der Waals surface area contributed by atoms with Crippen LogP contribution in [-0.2, 0) is 9.31 Å². The SMILES string of the molecule is CC1(C)OB(c2c(F)ccc3cn[nH]c23)OC1(C)C. The van der Waals surface area contributed by atoms with E-state index in [0.717, 1.165) is 5.39 Å². The summed E-state index contributed by atoms with van der Waals surface area (Å²) in [6.07, 6.45) is 1.66. The van der Waals surface area contributed by atoms with Gasteiger partial charge in [0.1, 0.15) is 5.82 Å². The highest BCUT2D eigenvalue weighted by atomic mass is 19.1. The van der Waals surface area contributed by atoms with Gasteiger partial charge in [-0.25, -0.2) is 4.39 Å². The molecule has 0 atom stereocenters. The molecular formula is C13H16BFN2O2. The van der Waals surface area contributed by atoms with Crippen molar-refractivity contribution in [2.45, 2.75) is 38.9 Å². The molecule has 2 heterocycles. The van der Waals surface area contributed by atoms with E-state index < -0.39 is 18.3 Å². The van der Waals surface area contributed by atoms with Crippen molar-refractivity contribution in [2.24, 2.45) is 0 Å². The molecule has 1 aromatic heterocycles. The molecule has 0 amide bonds. The fraction of sp³-hybridized carbons (Fsp3) is 0.462. The smallest absolute Gasteiger partial charge is 0.399 e. The van der Waals surface area contributed by atoms with E-state index in [-0.39, 0.29) is 5.82 Å².